The Balaban J connectivity index is 2.94. The molecule has 1 aromatic heterocycles. The van der Waals surface area contributed by atoms with Crippen LogP contribution in [0.3, 0.4) is 0 Å². The third-order valence-electron chi connectivity index (χ3n) is 1.48. The lowest BCUT2D eigenvalue weighted by atomic mass is 10.3. The zero-order chi connectivity index (χ0) is 10.6. The summed E-state index contributed by atoms with van der Waals surface area (Å²) < 4.78 is 0. The molecule has 0 amide bonds. The molecule has 0 aliphatic heterocycles. The van der Waals surface area contributed by atoms with Gasteiger partial charge in [-0.05, 0) is 11.6 Å². The molecule has 0 aliphatic carbocycles. The van der Waals surface area contributed by atoms with E-state index in [0.29, 0.717) is 4.88 Å². The summed E-state index contributed by atoms with van der Waals surface area (Å²) in [4.78, 5) is 12.8. The van der Waals surface area contributed by atoms with Crippen LogP contribution >= 0.6 is 11.3 Å². The van der Waals surface area contributed by atoms with Crippen molar-refractivity contribution in [3.8, 4) is 0 Å². The molecule has 7 nitrogen and oxygen atoms in total. The standard InChI is InChI=1S/C6H6N4O3S/c7-9-8-4(3-11)5-1-2-6(14-5)10(12)13/h1-2,4,11H,3H2. The van der Waals surface area contributed by atoms with Crippen molar-refractivity contribution >= 4 is 16.3 Å². The Labute approximate surface area is 82.4 Å². The van der Waals surface area contributed by atoms with Gasteiger partial charge in [-0.3, -0.25) is 10.1 Å². The normalized spacial score (nSPS) is 11.8. The van der Waals surface area contributed by atoms with Crippen LogP contribution in [0.1, 0.15) is 10.9 Å². The molecule has 0 aromatic carbocycles. The second-order valence-electron chi connectivity index (χ2n) is 2.34. The van der Waals surface area contributed by atoms with Gasteiger partial charge in [0.05, 0.1) is 17.6 Å². The highest BCUT2D eigenvalue weighted by molar-refractivity contribution is 7.15. The Kier molecular flexibility index (Phi) is 3.41. The molecule has 14 heavy (non-hydrogen) atoms. The Hall–Kier alpha value is -1.63. The van der Waals surface area contributed by atoms with E-state index in [1.165, 1.54) is 12.1 Å². The van der Waals surface area contributed by atoms with Gasteiger partial charge in [-0.1, -0.05) is 16.5 Å². The van der Waals surface area contributed by atoms with E-state index >= 15 is 0 Å². The molecule has 1 N–H and O–H groups in total. The van der Waals surface area contributed by atoms with E-state index in [1.54, 1.807) is 0 Å². The van der Waals surface area contributed by atoms with Gasteiger partial charge >= 0.3 is 5.00 Å². The largest absolute Gasteiger partial charge is 0.396 e. The summed E-state index contributed by atoms with van der Waals surface area (Å²) in [6.45, 7) is -0.359. The smallest absolute Gasteiger partial charge is 0.324 e. The van der Waals surface area contributed by atoms with Crippen molar-refractivity contribution in [3.63, 3.8) is 0 Å². The molecule has 8 heteroatoms. The van der Waals surface area contributed by atoms with Crippen molar-refractivity contribution in [2.45, 2.75) is 6.04 Å². The first kappa shape index (κ1) is 10.5. The molecule has 0 aliphatic rings. The maximum Gasteiger partial charge on any atom is 0.324 e. The summed E-state index contributed by atoms with van der Waals surface area (Å²) in [5.74, 6) is 0. The molecular formula is C6H6N4O3S. The topological polar surface area (TPSA) is 112 Å². The first-order valence-corrected chi connectivity index (χ1v) is 4.40. The van der Waals surface area contributed by atoms with Crippen molar-refractivity contribution in [3.05, 3.63) is 37.6 Å². The zero-order valence-corrected chi connectivity index (χ0v) is 7.72. The van der Waals surface area contributed by atoms with Crippen molar-refractivity contribution in [2.24, 2.45) is 5.11 Å². The van der Waals surface area contributed by atoms with Crippen LogP contribution < -0.4 is 0 Å². The fraction of sp³-hybridized carbons (Fsp3) is 0.333. The number of nitrogens with zero attached hydrogens (tertiary/aromatic N) is 4. The van der Waals surface area contributed by atoms with Crippen LogP contribution in [-0.2, 0) is 0 Å². The van der Waals surface area contributed by atoms with Crippen molar-refractivity contribution in [1.29, 1.82) is 0 Å². The van der Waals surface area contributed by atoms with Gasteiger partial charge in [-0.15, -0.1) is 0 Å². The highest BCUT2D eigenvalue weighted by Crippen LogP contribution is 2.30. The van der Waals surface area contributed by atoms with Crippen LogP contribution in [0.2, 0.25) is 0 Å². The number of thiophene rings is 1. The summed E-state index contributed by atoms with van der Waals surface area (Å²) in [6.07, 6.45) is 0. The summed E-state index contributed by atoms with van der Waals surface area (Å²) >= 11 is 0.890. The fourth-order valence-corrected chi connectivity index (χ4v) is 1.71. The van der Waals surface area contributed by atoms with E-state index in [2.05, 4.69) is 10.0 Å². The van der Waals surface area contributed by atoms with E-state index in [1.807, 2.05) is 0 Å². The molecule has 0 fully saturated rings. The molecule has 74 valence electrons. The van der Waals surface area contributed by atoms with Gasteiger partial charge in [0, 0.05) is 15.9 Å². The van der Waals surface area contributed by atoms with Gasteiger partial charge in [0.2, 0.25) is 0 Å². The maximum absolute atomic E-state index is 10.3. The maximum atomic E-state index is 10.3. The van der Waals surface area contributed by atoms with Gasteiger partial charge in [-0.25, -0.2) is 0 Å². The summed E-state index contributed by atoms with van der Waals surface area (Å²) in [7, 11) is 0. The molecular weight excluding hydrogens is 208 g/mol. The lowest BCUT2D eigenvalue weighted by molar-refractivity contribution is -0.380. The number of aliphatic hydroxyl groups excluding tert-OH is 1. The summed E-state index contributed by atoms with van der Waals surface area (Å²) in [5.41, 5.74) is 8.16. The number of aliphatic hydroxyl groups is 1. The second kappa shape index (κ2) is 4.56. The lowest BCUT2D eigenvalue weighted by Crippen LogP contribution is -1.96. The highest BCUT2D eigenvalue weighted by Gasteiger charge is 2.15. The quantitative estimate of drug-likeness (QED) is 0.272. The molecule has 0 spiro atoms. The molecule has 1 unspecified atom stereocenters. The van der Waals surface area contributed by atoms with Crippen molar-refractivity contribution in [1.82, 2.24) is 0 Å². The van der Waals surface area contributed by atoms with Crippen LogP contribution in [0.5, 0.6) is 0 Å². The van der Waals surface area contributed by atoms with E-state index in [0.717, 1.165) is 11.3 Å². The number of nitro groups is 1. The Bertz CT molecular complexity index is 384. The predicted octanol–water partition coefficient (Wildman–Crippen LogP) is 2.00. The predicted molar refractivity (Wildman–Crippen MR) is 49.9 cm³/mol. The van der Waals surface area contributed by atoms with Crippen molar-refractivity contribution < 1.29 is 10.0 Å². The Morgan fingerprint density at radius 2 is 2.50 bits per heavy atom. The van der Waals surface area contributed by atoms with Crippen LogP contribution in [0.25, 0.3) is 10.4 Å². The van der Waals surface area contributed by atoms with Crippen LogP contribution in [0.15, 0.2) is 17.2 Å². The van der Waals surface area contributed by atoms with Crippen molar-refractivity contribution in [2.75, 3.05) is 6.61 Å². The number of hydrogen-bond acceptors (Lipinski definition) is 5. The van der Waals surface area contributed by atoms with E-state index in [4.69, 9.17) is 10.6 Å². The third-order valence-corrected chi connectivity index (χ3v) is 2.62. The van der Waals surface area contributed by atoms with Crippen LogP contribution in [0, 0.1) is 10.1 Å². The summed E-state index contributed by atoms with van der Waals surface area (Å²) in [5, 5.41) is 22.4. The minimum atomic E-state index is -0.737. The molecule has 1 heterocycles. The van der Waals surface area contributed by atoms with Gasteiger partial charge < -0.3 is 5.11 Å². The minimum Gasteiger partial charge on any atom is -0.396 e. The second-order valence-corrected chi connectivity index (χ2v) is 3.43. The summed E-state index contributed by atoms with van der Waals surface area (Å²) in [6, 6.07) is 2.05. The van der Waals surface area contributed by atoms with Gasteiger partial charge in [-0.2, -0.15) is 0 Å². The van der Waals surface area contributed by atoms with Gasteiger partial charge in [0.1, 0.15) is 0 Å². The SMILES string of the molecule is [N-]=[N+]=NC(CO)c1ccc([N+](=O)[O-])s1. The lowest BCUT2D eigenvalue weighted by Gasteiger charge is -2.01. The van der Waals surface area contributed by atoms with E-state index in [9.17, 15) is 10.1 Å². The first-order valence-electron chi connectivity index (χ1n) is 3.58. The fourth-order valence-electron chi connectivity index (χ4n) is 0.865. The molecule has 1 aromatic rings. The average Bonchev–Trinajstić information content (AvgIpc) is 2.63. The van der Waals surface area contributed by atoms with Gasteiger partial charge in [0.25, 0.3) is 0 Å². The molecule has 0 saturated carbocycles. The molecule has 1 atom stereocenters. The monoisotopic (exact) mass is 214 g/mol. The number of hydrogen-bond donors (Lipinski definition) is 1. The van der Waals surface area contributed by atoms with Crippen LogP contribution in [0.4, 0.5) is 5.00 Å². The molecule has 0 radical (unpaired) electrons. The van der Waals surface area contributed by atoms with Gasteiger partial charge in [0.15, 0.2) is 0 Å². The molecule has 1 rings (SSSR count). The first-order chi connectivity index (χ1) is 6.69. The van der Waals surface area contributed by atoms with E-state index < -0.39 is 11.0 Å². The third kappa shape index (κ3) is 2.19. The zero-order valence-electron chi connectivity index (χ0n) is 6.90. The average molecular weight is 214 g/mol. The van der Waals surface area contributed by atoms with Crippen LogP contribution in [-0.4, -0.2) is 16.6 Å². The number of rotatable bonds is 4. The highest BCUT2D eigenvalue weighted by atomic mass is 32.1. The Morgan fingerprint density at radius 1 is 1.79 bits per heavy atom. The minimum absolute atomic E-state index is 0.0356. The molecule has 0 bridgehead atoms. The number of azide groups is 1. The van der Waals surface area contributed by atoms with E-state index in [-0.39, 0.29) is 11.6 Å². The Morgan fingerprint density at radius 3 is 2.93 bits per heavy atom. The molecule has 0 saturated heterocycles.